The maximum atomic E-state index is 12.5. The van der Waals surface area contributed by atoms with Crippen molar-refractivity contribution in [3.8, 4) is 0 Å². The molecule has 9 heteroatoms. The Morgan fingerprint density at radius 1 is 0.682 bits per heavy atom. The first-order valence-electron chi connectivity index (χ1n) is 17.9. The summed E-state index contributed by atoms with van der Waals surface area (Å²) < 4.78 is 34.7. The number of hydrogen-bond acceptors (Lipinski definition) is 6. The maximum absolute atomic E-state index is 12.5. The second-order valence-corrected chi connectivity index (χ2v) is 14.7. The van der Waals surface area contributed by atoms with Crippen LogP contribution in [0.2, 0.25) is 0 Å². The number of nitrogens with zero attached hydrogens (tertiary/aromatic N) is 1. The van der Waals surface area contributed by atoms with Gasteiger partial charge in [-0.25, -0.2) is 4.57 Å². The van der Waals surface area contributed by atoms with Gasteiger partial charge in [-0.05, 0) is 38.5 Å². The van der Waals surface area contributed by atoms with Gasteiger partial charge in [-0.3, -0.25) is 13.8 Å². The Morgan fingerprint density at radius 3 is 1.75 bits per heavy atom. The minimum Gasteiger partial charge on any atom is -0.457 e. The van der Waals surface area contributed by atoms with Crippen molar-refractivity contribution < 1.29 is 37.3 Å². The number of esters is 1. The van der Waals surface area contributed by atoms with Gasteiger partial charge in [0.15, 0.2) is 0 Å². The molecule has 262 valence electrons. The highest BCUT2D eigenvalue weighted by molar-refractivity contribution is 7.47. The van der Waals surface area contributed by atoms with Crippen molar-refractivity contribution in [3.63, 3.8) is 0 Å². The van der Waals surface area contributed by atoms with E-state index >= 15 is 0 Å². The summed E-state index contributed by atoms with van der Waals surface area (Å²) in [4.78, 5) is 22.6. The van der Waals surface area contributed by atoms with Gasteiger partial charge in [0.1, 0.15) is 19.3 Å². The molecule has 0 aliphatic carbocycles. The van der Waals surface area contributed by atoms with Gasteiger partial charge >= 0.3 is 13.8 Å². The molecule has 0 spiro atoms. The van der Waals surface area contributed by atoms with Gasteiger partial charge in [-0.15, -0.1) is 0 Å². The van der Waals surface area contributed by atoms with Gasteiger partial charge in [-0.2, -0.15) is 0 Å². The van der Waals surface area contributed by atoms with Crippen LogP contribution in [0, 0.1) is 0 Å². The molecule has 0 aliphatic rings. The summed E-state index contributed by atoms with van der Waals surface area (Å²) in [6.45, 7) is 5.56. The number of carbonyl (C=O) groups excluding carboxylic acids is 1. The van der Waals surface area contributed by atoms with Crippen molar-refractivity contribution >= 4 is 13.8 Å². The van der Waals surface area contributed by atoms with Crippen LogP contribution >= 0.6 is 7.82 Å². The van der Waals surface area contributed by atoms with E-state index in [1.54, 1.807) is 0 Å². The van der Waals surface area contributed by atoms with E-state index in [1.807, 2.05) is 21.1 Å². The highest BCUT2D eigenvalue weighted by atomic mass is 31.2. The van der Waals surface area contributed by atoms with Gasteiger partial charge in [-0.1, -0.05) is 116 Å². The molecule has 0 radical (unpaired) electrons. The number of allylic oxidation sites excluding steroid dienone is 2. The Kier molecular flexibility index (Phi) is 29.1. The topological polar surface area (TPSA) is 91.3 Å². The van der Waals surface area contributed by atoms with Crippen LogP contribution in [0.3, 0.4) is 0 Å². The molecule has 0 rings (SSSR count). The summed E-state index contributed by atoms with van der Waals surface area (Å²) in [5, 5.41) is 0. The molecule has 0 saturated heterocycles. The molecule has 0 heterocycles. The quantitative estimate of drug-likeness (QED) is 0.0249. The highest BCUT2D eigenvalue weighted by Gasteiger charge is 2.26. The number of phosphoric ester groups is 1. The molecular weight excluding hydrogens is 577 g/mol. The zero-order chi connectivity index (χ0) is 32.8. The van der Waals surface area contributed by atoms with E-state index < -0.39 is 13.9 Å². The molecule has 1 N–H and O–H groups in total. The van der Waals surface area contributed by atoms with Crippen LogP contribution in [-0.2, 0) is 27.9 Å². The number of likely N-dealkylation sites (N-methyl/N-ethyl adjacent to an activating group) is 1. The lowest BCUT2D eigenvalue weighted by atomic mass is 10.1. The van der Waals surface area contributed by atoms with Gasteiger partial charge < -0.3 is 18.9 Å². The average Bonchev–Trinajstić information content (AvgIpc) is 2.96. The normalized spacial score (nSPS) is 14.2. The lowest BCUT2D eigenvalue weighted by Crippen LogP contribution is -2.37. The van der Waals surface area contributed by atoms with E-state index in [2.05, 4.69) is 26.0 Å². The molecule has 0 aromatic carbocycles. The van der Waals surface area contributed by atoms with Crippen molar-refractivity contribution in [3.05, 3.63) is 12.2 Å². The Labute approximate surface area is 271 Å². The summed E-state index contributed by atoms with van der Waals surface area (Å²) in [7, 11) is 1.67. The third-order valence-corrected chi connectivity index (χ3v) is 8.56. The van der Waals surface area contributed by atoms with Crippen LogP contribution in [0.15, 0.2) is 12.2 Å². The standard InChI is InChI=1S/C35H70NO7P/c1-6-8-10-12-14-16-17-18-19-20-21-23-25-27-30-40-32-34(33-42-44(38,39)41-31-29-36(3,4)5)43-35(37)28-26-24-22-15-13-11-9-7-2/h16-17,34H,6-15,18-33H2,1-5H3/p+1/b17-16-. The van der Waals surface area contributed by atoms with E-state index in [0.717, 1.165) is 32.1 Å². The van der Waals surface area contributed by atoms with E-state index in [4.69, 9.17) is 18.5 Å². The SMILES string of the molecule is CCCCCC/C=C\CCCCCCCCOCC(COP(=O)(O)OCC[N+](C)(C)C)OC(=O)CCCCCCCCCC. The predicted molar refractivity (Wildman–Crippen MR) is 183 cm³/mol. The average molecular weight is 649 g/mol. The molecule has 0 aromatic heterocycles. The summed E-state index contributed by atoms with van der Waals surface area (Å²) in [6, 6.07) is 0. The van der Waals surface area contributed by atoms with Crippen molar-refractivity contribution in [1.29, 1.82) is 0 Å². The fourth-order valence-electron chi connectivity index (χ4n) is 4.72. The number of quaternary nitrogens is 1. The van der Waals surface area contributed by atoms with Crippen molar-refractivity contribution in [2.24, 2.45) is 0 Å². The molecule has 0 aliphatic heterocycles. The molecule has 0 amide bonds. The second-order valence-electron chi connectivity index (χ2n) is 13.3. The Bertz CT molecular complexity index is 726. The fraction of sp³-hybridized carbons (Fsp3) is 0.914. The largest absolute Gasteiger partial charge is 0.472 e. The van der Waals surface area contributed by atoms with Crippen molar-refractivity contribution in [2.75, 3.05) is 54.1 Å². The highest BCUT2D eigenvalue weighted by Crippen LogP contribution is 2.43. The van der Waals surface area contributed by atoms with Crippen molar-refractivity contribution in [2.45, 2.75) is 155 Å². The lowest BCUT2D eigenvalue weighted by Gasteiger charge is -2.24. The first-order chi connectivity index (χ1) is 21.1. The van der Waals surface area contributed by atoms with Gasteiger partial charge in [0.05, 0.1) is 34.4 Å². The van der Waals surface area contributed by atoms with Crippen LogP contribution in [0.25, 0.3) is 0 Å². The predicted octanol–water partition coefficient (Wildman–Crippen LogP) is 9.54. The number of carbonyl (C=O) groups is 1. The minimum absolute atomic E-state index is 0.0898. The molecule has 8 nitrogen and oxygen atoms in total. The van der Waals surface area contributed by atoms with Crippen LogP contribution in [0.1, 0.15) is 149 Å². The fourth-order valence-corrected chi connectivity index (χ4v) is 5.46. The van der Waals surface area contributed by atoms with E-state index in [-0.39, 0.29) is 25.8 Å². The lowest BCUT2D eigenvalue weighted by molar-refractivity contribution is -0.870. The van der Waals surface area contributed by atoms with Crippen molar-refractivity contribution in [1.82, 2.24) is 0 Å². The number of phosphoric acid groups is 1. The number of ether oxygens (including phenoxy) is 2. The molecule has 0 aromatic rings. The van der Waals surface area contributed by atoms with Gasteiger partial charge in [0, 0.05) is 13.0 Å². The summed E-state index contributed by atoms with van der Waals surface area (Å²) in [5.41, 5.74) is 0. The second kappa shape index (κ2) is 29.6. The summed E-state index contributed by atoms with van der Waals surface area (Å²) in [6.07, 6.45) is 28.1. The summed E-state index contributed by atoms with van der Waals surface area (Å²) >= 11 is 0. The molecule has 44 heavy (non-hydrogen) atoms. The number of unbranched alkanes of at least 4 members (excludes halogenated alkanes) is 17. The van der Waals surface area contributed by atoms with Crippen LogP contribution < -0.4 is 0 Å². The Morgan fingerprint density at radius 2 is 1.18 bits per heavy atom. The monoisotopic (exact) mass is 648 g/mol. The van der Waals surface area contributed by atoms with Crippen LogP contribution in [0.4, 0.5) is 0 Å². The first-order valence-corrected chi connectivity index (χ1v) is 19.4. The third kappa shape index (κ3) is 32.6. The van der Waals surface area contributed by atoms with E-state index in [0.29, 0.717) is 24.1 Å². The van der Waals surface area contributed by atoms with Crippen LogP contribution in [0.5, 0.6) is 0 Å². The maximum Gasteiger partial charge on any atom is 0.472 e. The van der Waals surface area contributed by atoms with Crippen LogP contribution in [-0.4, -0.2) is 75.6 Å². The van der Waals surface area contributed by atoms with E-state index in [1.165, 1.54) is 96.3 Å². The zero-order valence-corrected chi connectivity index (χ0v) is 30.3. The minimum atomic E-state index is -4.26. The number of rotatable bonds is 33. The smallest absolute Gasteiger partial charge is 0.457 e. The Hall–Kier alpha value is -0.760. The summed E-state index contributed by atoms with van der Waals surface area (Å²) in [5.74, 6) is -0.321. The molecule has 0 saturated carbocycles. The Balaban J connectivity index is 4.29. The van der Waals surface area contributed by atoms with E-state index in [9.17, 15) is 14.3 Å². The molecule has 0 bridgehead atoms. The first kappa shape index (κ1) is 43.2. The molecular formula is C35H71NO7P+. The molecule has 0 fully saturated rings. The zero-order valence-electron chi connectivity index (χ0n) is 29.4. The number of hydrogen-bond donors (Lipinski definition) is 1. The molecule has 2 unspecified atom stereocenters. The van der Waals surface area contributed by atoms with Gasteiger partial charge in [0.2, 0.25) is 0 Å². The molecule has 2 atom stereocenters. The van der Waals surface area contributed by atoms with Gasteiger partial charge in [0.25, 0.3) is 0 Å². The third-order valence-electron chi connectivity index (χ3n) is 7.58.